The van der Waals surface area contributed by atoms with Gasteiger partial charge in [0.25, 0.3) is 23.6 Å². The molecular weight excluding hydrogens is 991 g/mol. The Morgan fingerprint density at radius 3 is 1.18 bits per heavy atom. The third-order valence-electron chi connectivity index (χ3n) is 13.1. The Morgan fingerprint density at radius 2 is 0.868 bits per heavy atom. The van der Waals surface area contributed by atoms with Crippen molar-refractivity contribution >= 4 is 68.9 Å². The highest BCUT2D eigenvalue weighted by Gasteiger charge is 2.40. The smallest absolute Gasteiger partial charge is 0.320 e. The highest BCUT2D eigenvalue weighted by Crippen LogP contribution is 2.30. The van der Waals surface area contributed by atoms with Crippen LogP contribution in [0, 0.1) is 23.5 Å². The lowest BCUT2D eigenvalue weighted by molar-refractivity contribution is -0.141. The Kier molecular flexibility index (Phi) is 19.2. The number of fused-ring (bicyclic) bond motifs is 4. The van der Waals surface area contributed by atoms with Crippen LogP contribution in [0.1, 0.15) is 100 Å². The standard InChI is InChI=1S/C29H29F2N3O5.C26H33N3O8/c1-16(2)9-25(26(35)32-15-17-10-20(30)14-21(31)11-17)33-24(29(38)39)7-8-34-27(36)22-12-18-5-3-4-6-19(18)13-23(22)28(34)37;1-15(2)9-21(22(33)28-26(12-30,13-31)14-32)27-20(25(36)37)7-8-29-23(34)18-10-16-5-3-4-6-17(16)11-19(18)24(29)35/h3-6,10-14,16,24-25,33H,7-9,15H2,1-2H3,(H,32,35)(H,38,39);3-6,10-11,15,20-21,27,30-32H,7-9,12-14H2,1-2H3,(H,28,33)(H,36,37)/t24?,25-;20-,21+/m01/s1. The van der Waals surface area contributed by atoms with Gasteiger partial charge >= 0.3 is 11.9 Å². The second-order valence-corrected chi connectivity index (χ2v) is 19.8. The van der Waals surface area contributed by atoms with Crippen molar-refractivity contribution in [3.05, 3.63) is 130 Å². The van der Waals surface area contributed by atoms with E-state index in [2.05, 4.69) is 21.3 Å². The number of nitrogens with zero attached hydrogens (tertiary/aromatic N) is 2. The van der Waals surface area contributed by atoms with Crippen molar-refractivity contribution < 1.29 is 72.7 Å². The lowest BCUT2D eigenvalue weighted by Crippen LogP contribution is -2.62. The highest BCUT2D eigenvalue weighted by molar-refractivity contribution is 6.24. The first kappa shape index (κ1) is 57.7. The van der Waals surface area contributed by atoms with Crippen molar-refractivity contribution in [2.75, 3.05) is 32.9 Å². The van der Waals surface area contributed by atoms with E-state index in [-0.39, 0.29) is 85.0 Å². The molecule has 9 N–H and O–H groups in total. The van der Waals surface area contributed by atoms with Gasteiger partial charge in [-0.3, -0.25) is 58.8 Å². The number of halogens is 2. The number of benzene rings is 5. The number of carboxylic acids is 2. The van der Waals surface area contributed by atoms with E-state index in [0.29, 0.717) is 0 Å². The minimum atomic E-state index is -1.67. The second kappa shape index (κ2) is 25.3. The normalized spacial score (nSPS) is 14.9. The monoisotopic (exact) mass is 1050 g/mol. The number of aliphatic hydroxyl groups is 3. The number of carbonyl (C=O) groups excluding carboxylic acids is 6. The molecule has 19 nitrogen and oxygen atoms in total. The maximum absolute atomic E-state index is 13.5. The van der Waals surface area contributed by atoms with Gasteiger partial charge in [0.05, 0.1) is 54.2 Å². The van der Waals surface area contributed by atoms with Gasteiger partial charge in [0.15, 0.2) is 0 Å². The van der Waals surface area contributed by atoms with Gasteiger partial charge in [-0.2, -0.15) is 0 Å². The van der Waals surface area contributed by atoms with E-state index < -0.39 is 109 Å². The van der Waals surface area contributed by atoms with Gasteiger partial charge in [0.1, 0.15) is 29.3 Å². The van der Waals surface area contributed by atoms with Gasteiger partial charge in [0.2, 0.25) is 11.8 Å². The van der Waals surface area contributed by atoms with Crippen LogP contribution in [0.2, 0.25) is 0 Å². The van der Waals surface area contributed by atoms with E-state index in [1.165, 1.54) is 0 Å². The van der Waals surface area contributed by atoms with E-state index >= 15 is 0 Å². The molecule has 7 rings (SSSR count). The number of carbonyl (C=O) groups is 8. The molecule has 1 unspecified atom stereocenters. The minimum absolute atomic E-state index is 0.0136. The summed E-state index contributed by atoms with van der Waals surface area (Å²) in [5.41, 5.74) is -0.398. The molecule has 4 atom stereocenters. The summed E-state index contributed by atoms with van der Waals surface area (Å²) in [4.78, 5) is 104. The zero-order valence-electron chi connectivity index (χ0n) is 42.3. The van der Waals surface area contributed by atoms with Crippen molar-refractivity contribution in [1.82, 2.24) is 31.1 Å². The van der Waals surface area contributed by atoms with E-state index in [1.54, 1.807) is 24.3 Å². The molecule has 0 fully saturated rings. The molecule has 21 heteroatoms. The van der Waals surface area contributed by atoms with Gasteiger partial charge < -0.3 is 36.2 Å². The van der Waals surface area contributed by atoms with Gasteiger partial charge in [-0.25, -0.2) is 8.78 Å². The Bertz CT molecular complexity index is 2880. The van der Waals surface area contributed by atoms with Crippen molar-refractivity contribution in [2.24, 2.45) is 11.8 Å². The SMILES string of the molecule is CC(C)C[C@H](NC(CCN1C(=O)c2cc3ccccc3cc2C1=O)C(=O)O)C(=O)NCc1cc(F)cc(F)c1.CC(C)C[C@H](N[C@H](CCN1C(=O)c2cc3ccccc3cc2C1=O)C(=O)O)C(=O)NC(CO)(CO)CO. The van der Waals surface area contributed by atoms with E-state index in [4.69, 9.17) is 0 Å². The molecule has 0 aliphatic carbocycles. The van der Waals surface area contributed by atoms with Crippen LogP contribution in [-0.4, -0.2) is 145 Å². The van der Waals surface area contributed by atoms with E-state index in [9.17, 15) is 72.7 Å². The predicted octanol–water partition coefficient (Wildman–Crippen LogP) is 3.99. The highest BCUT2D eigenvalue weighted by atomic mass is 19.1. The molecule has 404 valence electrons. The lowest BCUT2D eigenvalue weighted by atomic mass is 9.98. The quantitative estimate of drug-likeness (QED) is 0.0395. The van der Waals surface area contributed by atoms with E-state index in [1.807, 2.05) is 76.2 Å². The van der Waals surface area contributed by atoms with Crippen molar-refractivity contribution in [2.45, 2.75) is 89.6 Å². The molecule has 76 heavy (non-hydrogen) atoms. The maximum Gasteiger partial charge on any atom is 0.320 e. The van der Waals surface area contributed by atoms with Crippen LogP contribution in [0.5, 0.6) is 0 Å². The summed E-state index contributed by atoms with van der Waals surface area (Å²) in [6.45, 7) is 4.72. The first-order valence-corrected chi connectivity index (χ1v) is 24.7. The largest absolute Gasteiger partial charge is 0.480 e. The molecule has 0 bridgehead atoms. The Morgan fingerprint density at radius 1 is 0.526 bits per heavy atom. The Hall–Kier alpha value is -7.56. The van der Waals surface area contributed by atoms with Crippen LogP contribution >= 0.6 is 0 Å². The van der Waals surface area contributed by atoms with Crippen LogP contribution in [0.25, 0.3) is 21.5 Å². The molecule has 5 aromatic carbocycles. The zero-order chi connectivity index (χ0) is 55.6. The fourth-order valence-corrected chi connectivity index (χ4v) is 9.01. The van der Waals surface area contributed by atoms with E-state index in [0.717, 1.165) is 49.5 Å². The summed E-state index contributed by atoms with van der Waals surface area (Å²) >= 11 is 0. The van der Waals surface area contributed by atoms with Crippen molar-refractivity contribution in [1.29, 1.82) is 0 Å². The third kappa shape index (κ3) is 13.8. The summed E-state index contributed by atoms with van der Waals surface area (Å²) in [5, 5.41) is 62.1. The average Bonchev–Trinajstić information content (AvgIpc) is 3.79. The Labute approximate surface area is 436 Å². The predicted molar refractivity (Wildman–Crippen MR) is 274 cm³/mol. The van der Waals surface area contributed by atoms with Crippen LogP contribution in [-0.2, 0) is 25.7 Å². The minimum Gasteiger partial charge on any atom is -0.480 e. The van der Waals surface area contributed by atoms with Crippen LogP contribution in [0.4, 0.5) is 8.78 Å². The number of aliphatic hydroxyl groups excluding tert-OH is 3. The first-order valence-electron chi connectivity index (χ1n) is 24.7. The second-order valence-electron chi connectivity index (χ2n) is 19.8. The van der Waals surface area contributed by atoms with Gasteiger partial charge in [0, 0.05) is 25.7 Å². The molecule has 2 heterocycles. The first-order chi connectivity index (χ1) is 36.1. The molecule has 0 spiro atoms. The van der Waals surface area contributed by atoms with Crippen molar-refractivity contribution in [3.8, 4) is 0 Å². The number of amides is 6. The van der Waals surface area contributed by atoms with Gasteiger partial charge in [-0.1, -0.05) is 76.2 Å². The third-order valence-corrected chi connectivity index (χ3v) is 13.1. The summed E-state index contributed by atoms with van der Waals surface area (Å²) in [7, 11) is 0. The van der Waals surface area contributed by atoms with Crippen LogP contribution in [0.3, 0.4) is 0 Å². The molecule has 2 aliphatic heterocycles. The summed E-state index contributed by atoms with van der Waals surface area (Å²) in [6, 6.07) is 19.7. The summed E-state index contributed by atoms with van der Waals surface area (Å²) in [5.74, 6) is -7.34. The molecule has 5 aromatic rings. The Balaban J connectivity index is 0.000000247. The number of rotatable bonds is 24. The average molecular weight is 1050 g/mol. The summed E-state index contributed by atoms with van der Waals surface area (Å²) < 4.78 is 27.0. The zero-order valence-corrected chi connectivity index (χ0v) is 42.3. The fourth-order valence-electron chi connectivity index (χ4n) is 9.01. The van der Waals surface area contributed by atoms with Crippen molar-refractivity contribution in [3.63, 3.8) is 0 Å². The number of hydrogen-bond donors (Lipinski definition) is 9. The molecule has 2 aliphatic rings. The topological polar surface area (TPSA) is 292 Å². The molecule has 0 saturated carbocycles. The molecule has 0 aromatic heterocycles. The molecule has 0 saturated heterocycles. The molecular formula is C55H62F2N6O13. The maximum atomic E-state index is 13.5. The number of nitrogens with one attached hydrogen (secondary N) is 4. The number of hydrogen-bond acceptors (Lipinski definition) is 13. The number of carboxylic acid groups (broad SMARTS) is 2. The van der Waals surface area contributed by atoms with Crippen LogP contribution < -0.4 is 21.3 Å². The number of imide groups is 2. The van der Waals surface area contributed by atoms with Crippen LogP contribution in [0.15, 0.2) is 91.0 Å². The fraction of sp³-hybridized carbons (Fsp3) is 0.382. The van der Waals surface area contributed by atoms with Gasteiger partial charge in [-0.05, 0) is 101 Å². The molecule has 0 radical (unpaired) electrons. The summed E-state index contributed by atoms with van der Waals surface area (Å²) in [6.07, 6.45) is 0.213. The lowest BCUT2D eigenvalue weighted by Gasteiger charge is -2.32. The van der Waals surface area contributed by atoms with Gasteiger partial charge in [-0.15, -0.1) is 0 Å². The molecule has 6 amide bonds. The number of aliphatic carboxylic acids is 2.